The van der Waals surface area contributed by atoms with Crippen LogP contribution in [-0.2, 0) is 11.3 Å². The van der Waals surface area contributed by atoms with Gasteiger partial charge in [-0.05, 0) is 19.0 Å². The van der Waals surface area contributed by atoms with Gasteiger partial charge in [-0.2, -0.15) is 5.10 Å². The topological polar surface area (TPSA) is 58.9 Å². The molecule has 0 unspecified atom stereocenters. The zero-order chi connectivity index (χ0) is 11.6. The Morgan fingerprint density at radius 1 is 1.28 bits per heavy atom. The molecule has 0 aliphatic carbocycles. The summed E-state index contributed by atoms with van der Waals surface area (Å²) in [6.45, 7) is 5.29. The molecule has 106 valence electrons. The van der Waals surface area contributed by atoms with Crippen molar-refractivity contribution in [2.24, 2.45) is 0 Å². The number of hydrogen-bond donors (Lipinski definition) is 2. The van der Waals surface area contributed by atoms with Crippen LogP contribution >= 0.6 is 24.8 Å². The molecule has 1 heterocycles. The first-order valence-electron chi connectivity index (χ1n) is 5.77. The SMILES string of the molecule is CCCNCCNC(=O)CCn1cccn1.Cl.Cl. The van der Waals surface area contributed by atoms with E-state index in [1.807, 2.05) is 12.3 Å². The molecule has 0 aromatic carbocycles. The van der Waals surface area contributed by atoms with Gasteiger partial charge in [0, 0.05) is 38.4 Å². The standard InChI is InChI=1S/C11H20N4O.2ClH/c1-2-5-12-7-8-13-11(16)4-10-15-9-3-6-14-15;;/h3,6,9,12H,2,4-5,7-8,10H2,1H3,(H,13,16);2*1H. The molecule has 1 aromatic heterocycles. The monoisotopic (exact) mass is 296 g/mol. The molecule has 0 atom stereocenters. The first-order valence-corrected chi connectivity index (χ1v) is 5.77. The van der Waals surface area contributed by atoms with Crippen LogP contribution in [0, 0.1) is 0 Å². The Balaban J connectivity index is 0. The number of nitrogens with one attached hydrogen (secondary N) is 2. The van der Waals surface area contributed by atoms with Gasteiger partial charge in [0.25, 0.3) is 0 Å². The van der Waals surface area contributed by atoms with Crippen LogP contribution in [0.5, 0.6) is 0 Å². The molecular formula is C11H22Cl2N4O. The predicted molar refractivity (Wildman–Crippen MR) is 77.5 cm³/mol. The molecule has 5 nitrogen and oxygen atoms in total. The van der Waals surface area contributed by atoms with E-state index >= 15 is 0 Å². The summed E-state index contributed by atoms with van der Waals surface area (Å²) in [7, 11) is 0. The van der Waals surface area contributed by atoms with Gasteiger partial charge in [0.1, 0.15) is 0 Å². The Bertz CT molecular complexity index is 293. The van der Waals surface area contributed by atoms with Crippen molar-refractivity contribution in [3.63, 3.8) is 0 Å². The Kier molecular flexibility index (Phi) is 13.8. The van der Waals surface area contributed by atoms with Gasteiger partial charge in [0.15, 0.2) is 0 Å². The van der Waals surface area contributed by atoms with Crippen LogP contribution in [0.15, 0.2) is 18.5 Å². The highest BCUT2D eigenvalue weighted by molar-refractivity contribution is 5.85. The van der Waals surface area contributed by atoms with Crippen molar-refractivity contribution in [3.05, 3.63) is 18.5 Å². The van der Waals surface area contributed by atoms with E-state index in [-0.39, 0.29) is 30.7 Å². The third-order valence-corrected chi connectivity index (χ3v) is 2.18. The lowest BCUT2D eigenvalue weighted by atomic mass is 10.4. The molecular weight excluding hydrogens is 275 g/mol. The summed E-state index contributed by atoms with van der Waals surface area (Å²) < 4.78 is 1.76. The van der Waals surface area contributed by atoms with Crippen LogP contribution in [0.4, 0.5) is 0 Å². The van der Waals surface area contributed by atoms with Crippen LogP contribution < -0.4 is 10.6 Å². The number of amides is 1. The van der Waals surface area contributed by atoms with Crippen molar-refractivity contribution >= 4 is 30.7 Å². The van der Waals surface area contributed by atoms with E-state index in [0.29, 0.717) is 19.5 Å². The Morgan fingerprint density at radius 3 is 2.67 bits per heavy atom. The first-order chi connectivity index (χ1) is 7.83. The van der Waals surface area contributed by atoms with Crippen LogP contribution in [0.25, 0.3) is 0 Å². The zero-order valence-electron chi connectivity index (χ0n) is 10.6. The van der Waals surface area contributed by atoms with E-state index in [9.17, 15) is 4.79 Å². The van der Waals surface area contributed by atoms with Crippen LogP contribution in [0.3, 0.4) is 0 Å². The molecule has 0 bridgehead atoms. The predicted octanol–water partition coefficient (Wildman–Crippen LogP) is 1.23. The maximum Gasteiger partial charge on any atom is 0.221 e. The molecule has 1 rings (SSSR count). The van der Waals surface area contributed by atoms with E-state index in [4.69, 9.17) is 0 Å². The number of nitrogens with zero attached hydrogens (tertiary/aromatic N) is 2. The quantitative estimate of drug-likeness (QED) is 0.710. The van der Waals surface area contributed by atoms with E-state index < -0.39 is 0 Å². The fourth-order valence-corrected chi connectivity index (χ4v) is 1.33. The largest absolute Gasteiger partial charge is 0.355 e. The van der Waals surface area contributed by atoms with Gasteiger partial charge in [-0.15, -0.1) is 24.8 Å². The lowest BCUT2D eigenvalue weighted by Crippen LogP contribution is -2.32. The van der Waals surface area contributed by atoms with Crippen molar-refractivity contribution < 1.29 is 4.79 Å². The summed E-state index contributed by atoms with van der Waals surface area (Å²) in [6, 6.07) is 1.85. The molecule has 18 heavy (non-hydrogen) atoms. The third-order valence-electron chi connectivity index (χ3n) is 2.18. The second-order valence-corrected chi connectivity index (χ2v) is 3.62. The number of hydrogen-bond acceptors (Lipinski definition) is 3. The van der Waals surface area contributed by atoms with Crippen LogP contribution in [-0.4, -0.2) is 35.3 Å². The molecule has 0 aliphatic rings. The lowest BCUT2D eigenvalue weighted by Gasteiger charge is -2.06. The molecule has 2 N–H and O–H groups in total. The Hall–Kier alpha value is -0.780. The van der Waals surface area contributed by atoms with Crippen molar-refractivity contribution in [1.29, 1.82) is 0 Å². The second kappa shape index (κ2) is 12.7. The van der Waals surface area contributed by atoms with Gasteiger partial charge in [0.05, 0.1) is 0 Å². The summed E-state index contributed by atoms with van der Waals surface area (Å²) in [5.74, 6) is 0.0776. The van der Waals surface area contributed by atoms with Gasteiger partial charge in [-0.1, -0.05) is 6.92 Å². The van der Waals surface area contributed by atoms with Crippen molar-refractivity contribution in [1.82, 2.24) is 20.4 Å². The average Bonchev–Trinajstić information content (AvgIpc) is 2.79. The molecule has 0 radical (unpaired) electrons. The van der Waals surface area contributed by atoms with Crippen LogP contribution in [0.1, 0.15) is 19.8 Å². The molecule has 1 amide bonds. The molecule has 7 heteroatoms. The smallest absolute Gasteiger partial charge is 0.221 e. The highest BCUT2D eigenvalue weighted by Crippen LogP contribution is 1.88. The van der Waals surface area contributed by atoms with Gasteiger partial charge in [-0.25, -0.2) is 0 Å². The highest BCUT2D eigenvalue weighted by Gasteiger charge is 2.00. The maximum atomic E-state index is 11.4. The number of rotatable bonds is 8. The van der Waals surface area contributed by atoms with E-state index in [1.54, 1.807) is 10.9 Å². The lowest BCUT2D eigenvalue weighted by molar-refractivity contribution is -0.121. The average molecular weight is 297 g/mol. The number of aryl methyl sites for hydroxylation is 1. The maximum absolute atomic E-state index is 11.4. The summed E-state index contributed by atoms with van der Waals surface area (Å²) in [5.41, 5.74) is 0. The van der Waals surface area contributed by atoms with E-state index in [2.05, 4.69) is 22.7 Å². The van der Waals surface area contributed by atoms with Gasteiger partial charge in [0.2, 0.25) is 5.91 Å². The van der Waals surface area contributed by atoms with Crippen molar-refractivity contribution in [2.45, 2.75) is 26.3 Å². The number of aromatic nitrogens is 2. The molecule has 0 spiro atoms. The van der Waals surface area contributed by atoms with Crippen LogP contribution in [0.2, 0.25) is 0 Å². The number of carbonyl (C=O) groups is 1. The van der Waals surface area contributed by atoms with E-state index in [1.165, 1.54) is 0 Å². The Morgan fingerprint density at radius 2 is 2.06 bits per heavy atom. The van der Waals surface area contributed by atoms with Crippen molar-refractivity contribution in [3.8, 4) is 0 Å². The third kappa shape index (κ3) is 9.27. The van der Waals surface area contributed by atoms with Gasteiger partial charge in [-0.3, -0.25) is 9.48 Å². The molecule has 0 saturated heterocycles. The molecule has 0 aliphatic heterocycles. The van der Waals surface area contributed by atoms with Crippen molar-refractivity contribution in [2.75, 3.05) is 19.6 Å². The Labute approximate surface area is 121 Å². The van der Waals surface area contributed by atoms with Gasteiger partial charge < -0.3 is 10.6 Å². The molecule has 0 saturated carbocycles. The molecule has 0 fully saturated rings. The van der Waals surface area contributed by atoms with Gasteiger partial charge >= 0.3 is 0 Å². The van der Waals surface area contributed by atoms with E-state index in [0.717, 1.165) is 19.5 Å². The zero-order valence-corrected chi connectivity index (χ0v) is 12.2. The minimum atomic E-state index is 0. The fourth-order valence-electron chi connectivity index (χ4n) is 1.33. The molecule has 1 aromatic rings. The summed E-state index contributed by atoms with van der Waals surface area (Å²) in [4.78, 5) is 11.4. The summed E-state index contributed by atoms with van der Waals surface area (Å²) >= 11 is 0. The number of carbonyl (C=O) groups excluding carboxylic acids is 1. The first kappa shape index (κ1) is 19.6. The fraction of sp³-hybridized carbons (Fsp3) is 0.636. The number of halogens is 2. The highest BCUT2D eigenvalue weighted by atomic mass is 35.5. The second-order valence-electron chi connectivity index (χ2n) is 3.62. The minimum Gasteiger partial charge on any atom is -0.355 e. The normalized spacial score (nSPS) is 9.17. The minimum absolute atomic E-state index is 0. The summed E-state index contributed by atoms with van der Waals surface area (Å²) in [5, 5.41) is 10.1. The summed E-state index contributed by atoms with van der Waals surface area (Å²) in [6.07, 6.45) is 5.17.